The van der Waals surface area contributed by atoms with Crippen LogP contribution in [0.3, 0.4) is 0 Å². The number of carbonyl (C=O) groups is 2. The first-order valence-electron chi connectivity index (χ1n) is 13.3. The van der Waals surface area contributed by atoms with Crippen LogP contribution in [0, 0.1) is 0 Å². The monoisotopic (exact) mass is 506 g/mol. The van der Waals surface area contributed by atoms with Crippen molar-refractivity contribution in [2.24, 2.45) is 0 Å². The van der Waals surface area contributed by atoms with Crippen LogP contribution in [0.25, 0.3) is 12.2 Å². The predicted molar refractivity (Wildman–Crippen MR) is 150 cm³/mol. The van der Waals surface area contributed by atoms with Gasteiger partial charge in [0, 0.05) is 19.4 Å². The molecule has 0 spiro atoms. The first-order valence-corrected chi connectivity index (χ1v) is 13.3. The minimum atomic E-state index is -0.747. The number of anilines is 1. The lowest BCUT2D eigenvalue weighted by Crippen LogP contribution is -2.34. The van der Waals surface area contributed by atoms with Gasteiger partial charge in [-0.25, -0.2) is 0 Å². The summed E-state index contributed by atoms with van der Waals surface area (Å²) < 4.78 is 5.88. The predicted octanol–water partition coefficient (Wildman–Crippen LogP) is 5.73. The smallest absolute Gasteiger partial charge is 0.227 e. The summed E-state index contributed by atoms with van der Waals surface area (Å²) in [6.45, 7) is 9.05. The summed E-state index contributed by atoms with van der Waals surface area (Å²) in [4.78, 5) is 27.5. The van der Waals surface area contributed by atoms with Gasteiger partial charge in [-0.05, 0) is 76.1 Å². The number of nitrogens with zero attached hydrogens (tertiary/aromatic N) is 1. The van der Waals surface area contributed by atoms with E-state index >= 15 is 0 Å². The Morgan fingerprint density at radius 3 is 2.32 bits per heavy atom. The molecule has 2 N–H and O–H groups in total. The molecule has 0 aliphatic carbocycles. The van der Waals surface area contributed by atoms with Crippen LogP contribution in [0.4, 0.5) is 5.69 Å². The van der Waals surface area contributed by atoms with Gasteiger partial charge in [0.05, 0.1) is 30.0 Å². The zero-order chi connectivity index (χ0) is 26.9. The Labute approximate surface area is 221 Å². The van der Waals surface area contributed by atoms with Crippen molar-refractivity contribution in [2.45, 2.75) is 84.0 Å². The molecule has 1 heterocycles. The normalized spacial score (nSPS) is 14.2. The largest absolute Gasteiger partial charge is 0.390 e. The van der Waals surface area contributed by atoms with Crippen LogP contribution >= 0.6 is 0 Å². The number of fused-ring (bicyclic) bond motifs is 2. The minimum Gasteiger partial charge on any atom is -0.390 e. The minimum absolute atomic E-state index is 0.00425. The van der Waals surface area contributed by atoms with Gasteiger partial charge in [0.25, 0.3) is 0 Å². The first kappa shape index (κ1) is 28.6. The quantitative estimate of drug-likeness (QED) is 0.361. The molecule has 6 nitrogen and oxygen atoms in total. The molecule has 0 aromatic heterocycles. The Kier molecular flexibility index (Phi) is 10.1. The van der Waals surface area contributed by atoms with Crippen molar-refractivity contribution in [1.82, 2.24) is 5.32 Å². The van der Waals surface area contributed by atoms with Crippen molar-refractivity contribution >= 4 is 29.7 Å². The fourth-order valence-corrected chi connectivity index (χ4v) is 4.31. The fraction of sp³-hybridized carbons (Fsp3) is 0.484. The molecule has 0 saturated heterocycles. The highest BCUT2D eigenvalue weighted by Crippen LogP contribution is 2.29. The van der Waals surface area contributed by atoms with E-state index in [1.165, 1.54) is 0 Å². The van der Waals surface area contributed by atoms with E-state index in [1.807, 2.05) is 55.1 Å². The number of hydrogen-bond donors (Lipinski definition) is 2. The number of hydrogen-bond acceptors (Lipinski definition) is 4. The third kappa shape index (κ3) is 9.45. The van der Waals surface area contributed by atoms with Crippen molar-refractivity contribution < 1.29 is 19.4 Å². The standard InChI is InChI=1S/C31H42N2O4/c1-30(2,36)20-22-37-31(3,4)19-21-32-28(34)15-9-10-16-29(35)33-23-26-13-6-5-11-24(26)17-18-25-12-7-8-14-27(25)33/h5-8,11-14,17-18,36H,9-10,15-16,19-23H2,1-4H3,(H,32,34)/b18-17-. The van der Waals surface area contributed by atoms with Crippen LogP contribution in [0.15, 0.2) is 48.5 Å². The molecule has 6 heteroatoms. The molecular formula is C31H42N2O4. The van der Waals surface area contributed by atoms with E-state index in [1.54, 1.807) is 13.8 Å². The Balaban J connectivity index is 1.43. The van der Waals surface area contributed by atoms with Crippen LogP contribution in [-0.2, 0) is 20.9 Å². The maximum atomic E-state index is 13.3. The molecule has 1 aliphatic heterocycles. The molecular weight excluding hydrogens is 464 g/mol. The number of unbranched alkanes of at least 4 members (excludes halogenated alkanes) is 1. The molecule has 2 aromatic carbocycles. The number of para-hydroxylation sites is 1. The number of rotatable bonds is 12. The number of nitrogens with one attached hydrogen (secondary N) is 1. The summed E-state index contributed by atoms with van der Waals surface area (Å²) in [5, 5.41) is 12.8. The molecule has 2 amide bonds. The molecule has 0 bridgehead atoms. The van der Waals surface area contributed by atoms with Gasteiger partial charge in [-0.15, -0.1) is 0 Å². The Hall–Kier alpha value is -2.96. The number of benzene rings is 2. The molecule has 200 valence electrons. The molecule has 37 heavy (non-hydrogen) atoms. The van der Waals surface area contributed by atoms with Crippen molar-refractivity contribution in [3.63, 3.8) is 0 Å². The average molecular weight is 507 g/mol. The summed E-state index contributed by atoms with van der Waals surface area (Å²) in [6, 6.07) is 16.1. The highest BCUT2D eigenvalue weighted by Gasteiger charge is 2.22. The van der Waals surface area contributed by atoms with E-state index in [-0.39, 0.29) is 17.4 Å². The third-order valence-corrected chi connectivity index (χ3v) is 6.65. The molecule has 0 saturated carbocycles. The van der Waals surface area contributed by atoms with Gasteiger partial charge in [-0.1, -0.05) is 54.6 Å². The average Bonchev–Trinajstić information content (AvgIpc) is 2.82. The van der Waals surface area contributed by atoms with Crippen LogP contribution in [0.2, 0.25) is 0 Å². The molecule has 0 fully saturated rings. The third-order valence-electron chi connectivity index (χ3n) is 6.65. The van der Waals surface area contributed by atoms with E-state index in [0.29, 0.717) is 58.2 Å². The highest BCUT2D eigenvalue weighted by molar-refractivity contribution is 5.97. The second kappa shape index (κ2) is 13.0. The molecule has 2 aromatic rings. The summed E-state index contributed by atoms with van der Waals surface area (Å²) in [6.07, 6.45) is 7.55. The number of ether oxygens (including phenoxy) is 1. The van der Waals surface area contributed by atoms with Crippen LogP contribution in [0.5, 0.6) is 0 Å². The second-order valence-corrected chi connectivity index (χ2v) is 11.0. The topological polar surface area (TPSA) is 78.9 Å². The van der Waals surface area contributed by atoms with E-state index in [2.05, 4.69) is 29.6 Å². The first-order chi connectivity index (χ1) is 17.5. The highest BCUT2D eigenvalue weighted by atomic mass is 16.5. The lowest BCUT2D eigenvalue weighted by Gasteiger charge is -2.27. The van der Waals surface area contributed by atoms with Crippen molar-refractivity contribution in [2.75, 3.05) is 18.1 Å². The number of amides is 2. The van der Waals surface area contributed by atoms with E-state index in [0.717, 1.165) is 22.4 Å². The van der Waals surface area contributed by atoms with Gasteiger partial charge < -0.3 is 20.1 Å². The zero-order valence-electron chi connectivity index (χ0n) is 22.8. The SMILES string of the molecule is CC(C)(O)CCOC(C)(C)CCNC(=O)CCCCC(=O)N1Cc2ccccc2/C=C\c2ccccc21. The van der Waals surface area contributed by atoms with E-state index < -0.39 is 5.60 Å². The lowest BCUT2D eigenvalue weighted by atomic mass is 10.0. The van der Waals surface area contributed by atoms with E-state index in [9.17, 15) is 14.7 Å². The Bertz CT molecular complexity index is 1080. The van der Waals surface area contributed by atoms with Crippen LogP contribution in [0.1, 0.15) is 82.9 Å². The zero-order valence-corrected chi connectivity index (χ0v) is 22.8. The Morgan fingerprint density at radius 1 is 0.919 bits per heavy atom. The molecule has 0 radical (unpaired) electrons. The van der Waals surface area contributed by atoms with Crippen molar-refractivity contribution in [3.8, 4) is 0 Å². The summed E-state index contributed by atoms with van der Waals surface area (Å²) in [7, 11) is 0. The summed E-state index contributed by atoms with van der Waals surface area (Å²) in [5.41, 5.74) is 3.06. The number of aliphatic hydroxyl groups is 1. The summed E-state index contributed by atoms with van der Waals surface area (Å²) >= 11 is 0. The summed E-state index contributed by atoms with van der Waals surface area (Å²) in [5.74, 6) is 0.0679. The van der Waals surface area contributed by atoms with Crippen molar-refractivity contribution in [3.05, 3.63) is 65.2 Å². The maximum Gasteiger partial charge on any atom is 0.227 e. The van der Waals surface area contributed by atoms with Crippen LogP contribution in [-0.4, -0.2) is 41.3 Å². The van der Waals surface area contributed by atoms with Crippen LogP contribution < -0.4 is 10.2 Å². The second-order valence-electron chi connectivity index (χ2n) is 11.0. The van der Waals surface area contributed by atoms with Crippen molar-refractivity contribution in [1.29, 1.82) is 0 Å². The van der Waals surface area contributed by atoms with Gasteiger partial charge in [0.2, 0.25) is 11.8 Å². The molecule has 0 atom stereocenters. The maximum absolute atomic E-state index is 13.3. The van der Waals surface area contributed by atoms with Gasteiger partial charge in [-0.2, -0.15) is 0 Å². The van der Waals surface area contributed by atoms with Gasteiger partial charge >= 0.3 is 0 Å². The number of carbonyl (C=O) groups excluding carboxylic acids is 2. The molecule has 0 unspecified atom stereocenters. The van der Waals surface area contributed by atoms with Gasteiger partial charge in [0.1, 0.15) is 0 Å². The fourth-order valence-electron chi connectivity index (χ4n) is 4.31. The van der Waals surface area contributed by atoms with Gasteiger partial charge in [0.15, 0.2) is 0 Å². The molecule has 3 rings (SSSR count). The molecule has 1 aliphatic rings. The lowest BCUT2D eigenvalue weighted by molar-refractivity contribution is -0.122. The Morgan fingerprint density at radius 2 is 1.57 bits per heavy atom. The van der Waals surface area contributed by atoms with Gasteiger partial charge in [-0.3, -0.25) is 9.59 Å². The van der Waals surface area contributed by atoms with E-state index in [4.69, 9.17) is 4.74 Å².